The molecule has 7 nitrogen and oxygen atoms in total. The summed E-state index contributed by atoms with van der Waals surface area (Å²) in [4.78, 5) is 20.9. The highest BCUT2D eigenvalue weighted by Gasteiger charge is 2.30. The highest BCUT2D eigenvalue weighted by molar-refractivity contribution is 9.10. The third kappa shape index (κ3) is 3.46. The molecule has 8 heteroatoms. The number of nitrogens with zero attached hydrogens (tertiary/aromatic N) is 2. The molecule has 0 aliphatic carbocycles. The molecular weight excluding hydrogens is 400 g/mol. The summed E-state index contributed by atoms with van der Waals surface area (Å²) >= 11 is 3.58. The molecule has 138 valence electrons. The van der Waals surface area contributed by atoms with Gasteiger partial charge in [0.25, 0.3) is 5.91 Å². The van der Waals surface area contributed by atoms with Gasteiger partial charge in [0.1, 0.15) is 0 Å². The smallest absolute Gasteiger partial charge is 0.255 e. The zero-order valence-corrected chi connectivity index (χ0v) is 16.5. The second-order valence-electron chi connectivity index (χ2n) is 5.91. The van der Waals surface area contributed by atoms with Gasteiger partial charge in [-0.3, -0.25) is 4.79 Å². The van der Waals surface area contributed by atoms with Crippen molar-refractivity contribution in [2.45, 2.75) is 33.2 Å². The molecule has 1 amide bonds. The lowest BCUT2D eigenvalue weighted by Gasteiger charge is -2.27. The number of hydrogen-bond acceptors (Lipinski definition) is 6. The quantitative estimate of drug-likeness (QED) is 0.770. The van der Waals surface area contributed by atoms with Crippen LogP contribution >= 0.6 is 15.9 Å². The molecule has 2 aromatic rings. The van der Waals surface area contributed by atoms with Crippen LogP contribution in [0.15, 0.2) is 16.6 Å². The van der Waals surface area contributed by atoms with Crippen molar-refractivity contribution >= 4 is 27.8 Å². The predicted molar refractivity (Wildman–Crippen MR) is 102 cm³/mol. The van der Waals surface area contributed by atoms with E-state index in [1.807, 2.05) is 26.0 Å². The number of anilines is 1. The maximum atomic E-state index is 12.6. The van der Waals surface area contributed by atoms with Gasteiger partial charge in [0.05, 0.1) is 36.2 Å². The monoisotopic (exact) mass is 420 g/mol. The Morgan fingerprint density at radius 3 is 2.54 bits per heavy atom. The van der Waals surface area contributed by atoms with Crippen molar-refractivity contribution in [2.75, 3.05) is 18.9 Å². The number of amides is 1. The molecule has 26 heavy (non-hydrogen) atoms. The molecule has 1 aromatic heterocycles. The van der Waals surface area contributed by atoms with Crippen LogP contribution < -0.4 is 20.5 Å². The number of carbonyl (C=O) groups is 1. The highest BCUT2D eigenvalue weighted by Crippen LogP contribution is 2.38. The molecule has 0 saturated heterocycles. The number of rotatable bonds is 5. The Balaban J connectivity index is 2.01. The van der Waals surface area contributed by atoms with Crippen LogP contribution in [0.3, 0.4) is 0 Å². The number of nitrogens with one attached hydrogen (secondary N) is 1. The van der Waals surface area contributed by atoms with Crippen LogP contribution in [0.25, 0.3) is 0 Å². The van der Waals surface area contributed by atoms with Crippen LogP contribution in [0.5, 0.6) is 11.5 Å². The molecule has 1 aliphatic rings. The highest BCUT2D eigenvalue weighted by atomic mass is 79.9. The number of aromatic nitrogens is 2. The lowest BCUT2D eigenvalue weighted by molar-refractivity contribution is 0.0922. The first-order valence-corrected chi connectivity index (χ1v) is 9.26. The molecule has 1 aliphatic heterocycles. The molecule has 0 unspecified atom stereocenters. The lowest BCUT2D eigenvalue weighted by atomic mass is 9.94. The largest absolute Gasteiger partial charge is 0.490 e. The SMILES string of the molecule is CCOc1cc(Br)c([C@H]2Cc3nc(N)nc(C)c3C(=O)N2)cc1OCC. The number of hydrogen-bond donors (Lipinski definition) is 2. The zero-order chi connectivity index (χ0) is 18.8. The van der Waals surface area contributed by atoms with Gasteiger partial charge >= 0.3 is 0 Å². The topological polar surface area (TPSA) is 99.4 Å². The number of nitrogen functional groups attached to an aromatic ring is 1. The first-order chi connectivity index (χ1) is 12.4. The van der Waals surface area contributed by atoms with Crippen LogP contribution in [0.2, 0.25) is 0 Å². The van der Waals surface area contributed by atoms with E-state index in [-0.39, 0.29) is 17.9 Å². The van der Waals surface area contributed by atoms with Gasteiger partial charge in [0.2, 0.25) is 5.95 Å². The van der Waals surface area contributed by atoms with E-state index >= 15 is 0 Å². The Hall–Kier alpha value is -2.35. The molecule has 2 heterocycles. The Bertz CT molecular complexity index is 857. The maximum Gasteiger partial charge on any atom is 0.255 e. The summed E-state index contributed by atoms with van der Waals surface area (Å²) < 4.78 is 12.2. The van der Waals surface area contributed by atoms with Gasteiger partial charge < -0.3 is 20.5 Å². The van der Waals surface area contributed by atoms with E-state index in [9.17, 15) is 4.79 Å². The number of fused-ring (bicyclic) bond motifs is 1. The minimum Gasteiger partial charge on any atom is -0.490 e. The van der Waals surface area contributed by atoms with E-state index in [0.717, 1.165) is 10.0 Å². The fourth-order valence-electron chi connectivity index (χ4n) is 3.12. The van der Waals surface area contributed by atoms with Crippen molar-refractivity contribution < 1.29 is 14.3 Å². The van der Waals surface area contributed by atoms with Gasteiger partial charge in [0.15, 0.2) is 11.5 Å². The summed E-state index contributed by atoms with van der Waals surface area (Å²) in [6.45, 7) is 6.65. The van der Waals surface area contributed by atoms with Gasteiger partial charge in [-0.1, -0.05) is 15.9 Å². The van der Waals surface area contributed by atoms with Crippen LogP contribution in [-0.4, -0.2) is 29.1 Å². The van der Waals surface area contributed by atoms with Crippen LogP contribution in [0, 0.1) is 6.92 Å². The van der Waals surface area contributed by atoms with Crippen molar-refractivity contribution in [3.63, 3.8) is 0 Å². The van der Waals surface area contributed by atoms with Crippen molar-refractivity contribution in [1.82, 2.24) is 15.3 Å². The maximum absolute atomic E-state index is 12.6. The van der Waals surface area contributed by atoms with Gasteiger partial charge in [-0.05, 0) is 38.5 Å². The van der Waals surface area contributed by atoms with E-state index in [0.29, 0.717) is 48.1 Å². The lowest BCUT2D eigenvalue weighted by Crippen LogP contribution is -2.37. The van der Waals surface area contributed by atoms with Crippen LogP contribution in [0.1, 0.15) is 47.2 Å². The Labute approximate surface area is 160 Å². The summed E-state index contributed by atoms with van der Waals surface area (Å²) in [6.07, 6.45) is 0.521. The molecular formula is C18H21BrN4O3. The van der Waals surface area contributed by atoms with Crippen LogP contribution in [0.4, 0.5) is 5.95 Å². The summed E-state index contributed by atoms with van der Waals surface area (Å²) in [6, 6.07) is 3.50. The van der Waals surface area contributed by atoms with Gasteiger partial charge in [-0.2, -0.15) is 0 Å². The Morgan fingerprint density at radius 1 is 1.23 bits per heavy atom. The third-order valence-electron chi connectivity index (χ3n) is 4.15. The van der Waals surface area contributed by atoms with Gasteiger partial charge in [0, 0.05) is 10.9 Å². The predicted octanol–water partition coefficient (Wildman–Crippen LogP) is 2.95. The molecule has 3 N–H and O–H groups in total. The third-order valence-corrected chi connectivity index (χ3v) is 4.84. The van der Waals surface area contributed by atoms with Gasteiger partial charge in [-0.25, -0.2) is 9.97 Å². The number of carbonyl (C=O) groups excluding carboxylic acids is 1. The zero-order valence-electron chi connectivity index (χ0n) is 14.9. The van der Waals surface area contributed by atoms with Gasteiger partial charge in [-0.15, -0.1) is 0 Å². The number of nitrogens with two attached hydrogens (primary N) is 1. The van der Waals surface area contributed by atoms with E-state index in [1.165, 1.54) is 0 Å². The summed E-state index contributed by atoms with van der Waals surface area (Å²) in [5.74, 6) is 1.28. The molecule has 0 radical (unpaired) electrons. The molecule has 1 aromatic carbocycles. The molecule has 1 atom stereocenters. The number of halogens is 1. The average Bonchev–Trinajstić information content (AvgIpc) is 2.56. The second kappa shape index (κ2) is 7.49. The van der Waals surface area contributed by atoms with Crippen molar-refractivity contribution in [3.8, 4) is 11.5 Å². The van der Waals surface area contributed by atoms with E-state index in [2.05, 4.69) is 31.2 Å². The van der Waals surface area contributed by atoms with Crippen molar-refractivity contribution in [2.24, 2.45) is 0 Å². The molecule has 0 bridgehead atoms. The first kappa shape index (κ1) is 18.4. The molecule has 3 rings (SSSR count). The van der Waals surface area contributed by atoms with E-state index < -0.39 is 0 Å². The van der Waals surface area contributed by atoms with Crippen molar-refractivity contribution in [3.05, 3.63) is 39.1 Å². The average molecular weight is 421 g/mol. The minimum atomic E-state index is -0.257. The fraction of sp³-hybridized carbons (Fsp3) is 0.389. The first-order valence-electron chi connectivity index (χ1n) is 8.47. The van der Waals surface area contributed by atoms with E-state index in [4.69, 9.17) is 15.2 Å². The summed E-state index contributed by atoms with van der Waals surface area (Å²) in [5.41, 5.74) is 8.40. The van der Waals surface area contributed by atoms with Crippen LogP contribution in [-0.2, 0) is 6.42 Å². The standard InChI is InChI=1S/C18H21BrN4O3/c1-4-25-14-6-10(11(19)7-15(14)26-5-2)12-8-13-16(17(24)22-12)9(3)21-18(20)23-13/h6-7,12H,4-5,8H2,1-3H3,(H,22,24)(H2,20,21,23)/t12-/m1/s1. The minimum absolute atomic E-state index is 0.176. The number of benzene rings is 1. The summed E-state index contributed by atoms with van der Waals surface area (Å²) in [5, 5.41) is 3.02. The molecule has 0 spiro atoms. The summed E-state index contributed by atoms with van der Waals surface area (Å²) in [7, 11) is 0. The molecule has 0 fully saturated rings. The number of aryl methyl sites for hydroxylation is 1. The Morgan fingerprint density at radius 2 is 1.88 bits per heavy atom. The fourth-order valence-corrected chi connectivity index (χ4v) is 3.71. The van der Waals surface area contributed by atoms with Crippen molar-refractivity contribution in [1.29, 1.82) is 0 Å². The normalized spacial score (nSPS) is 16.0. The second-order valence-corrected chi connectivity index (χ2v) is 6.76. The van der Waals surface area contributed by atoms with E-state index in [1.54, 1.807) is 6.92 Å². The Kier molecular flexibility index (Phi) is 5.31. The number of ether oxygens (including phenoxy) is 2. The molecule has 0 saturated carbocycles.